The van der Waals surface area contributed by atoms with E-state index in [1.165, 1.54) is 13.8 Å². The summed E-state index contributed by atoms with van der Waals surface area (Å²) < 4.78 is 10.3. The fourth-order valence-electron chi connectivity index (χ4n) is 3.26. The van der Waals surface area contributed by atoms with E-state index in [0.717, 1.165) is 16.7 Å². The Labute approximate surface area is 156 Å². The molecule has 6 heteroatoms. The van der Waals surface area contributed by atoms with E-state index in [0.29, 0.717) is 12.1 Å². The topological polar surface area (TPSA) is 74.2 Å². The number of rotatable bonds is 3. The summed E-state index contributed by atoms with van der Waals surface area (Å²) in [5, 5.41) is 4.07. The third-order valence-corrected chi connectivity index (χ3v) is 4.59. The van der Waals surface area contributed by atoms with Gasteiger partial charge in [-0.05, 0) is 16.7 Å². The summed E-state index contributed by atoms with van der Waals surface area (Å²) >= 11 is 0. The number of ether oxygens (including phenoxy) is 2. The lowest BCUT2D eigenvalue weighted by atomic mass is 9.94. The van der Waals surface area contributed by atoms with Crippen LogP contribution < -0.4 is 0 Å². The molecule has 0 aliphatic carbocycles. The molecular formula is C21H19NO5. The zero-order chi connectivity index (χ0) is 19.0. The molecule has 0 radical (unpaired) electrons. The van der Waals surface area contributed by atoms with Crippen LogP contribution in [0.3, 0.4) is 0 Å². The van der Waals surface area contributed by atoms with Gasteiger partial charge in [0, 0.05) is 20.3 Å². The van der Waals surface area contributed by atoms with Crippen LogP contribution >= 0.6 is 0 Å². The van der Waals surface area contributed by atoms with Gasteiger partial charge in [-0.1, -0.05) is 59.8 Å². The highest BCUT2D eigenvalue weighted by atomic mass is 16.7. The average molecular weight is 365 g/mol. The zero-order valence-corrected chi connectivity index (χ0v) is 15.0. The molecule has 6 nitrogen and oxygen atoms in total. The molecule has 1 fully saturated rings. The molecule has 2 aromatic carbocycles. The van der Waals surface area contributed by atoms with Crippen LogP contribution in [0, 0.1) is 5.92 Å². The van der Waals surface area contributed by atoms with Crippen molar-refractivity contribution in [3.8, 4) is 11.1 Å². The molecule has 2 aliphatic heterocycles. The van der Waals surface area contributed by atoms with Gasteiger partial charge in [0.1, 0.15) is 0 Å². The van der Waals surface area contributed by atoms with Crippen LogP contribution in [0.2, 0.25) is 0 Å². The van der Waals surface area contributed by atoms with Crippen molar-refractivity contribution >= 4 is 17.7 Å². The molecule has 27 heavy (non-hydrogen) atoms. The first-order valence-electron chi connectivity index (χ1n) is 8.77. The fourth-order valence-corrected chi connectivity index (χ4v) is 3.26. The number of hydrogen-bond donors (Lipinski definition) is 0. The molecule has 0 aromatic heterocycles. The summed E-state index contributed by atoms with van der Waals surface area (Å²) in [6, 6.07) is 18.0. The molecule has 1 unspecified atom stereocenters. The van der Waals surface area contributed by atoms with Gasteiger partial charge in [-0.3, -0.25) is 9.59 Å². The molecule has 1 saturated heterocycles. The maximum Gasteiger partial charge on any atom is 0.327 e. The SMILES string of the molecule is CC1(C)OC(=O)C(C2CC(c3ccc(-c4ccccc4)cc3)=NO2)C(=O)O1. The van der Waals surface area contributed by atoms with Crippen molar-refractivity contribution in [3.63, 3.8) is 0 Å². The highest BCUT2D eigenvalue weighted by Crippen LogP contribution is 2.31. The average Bonchev–Trinajstić information content (AvgIpc) is 3.10. The van der Waals surface area contributed by atoms with E-state index >= 15 is 0 Å². The molecule has 1 atom stereocenters. The molecule has 0 spiro atoms. The summed E-state index contributed by atoms with van der Waals surface area (Å²) in [4.78, 5) is 29.8. The van der Waals surface area contributed by atoms with Gasteiger partial charge in [0.2, 0.25) is 0 Å². The van der Waals surface area contributed by atoms with E-state index in [4.69, 9.17) is 14.3 Å². The van der Waals surface area contributed by atoms with Crippen LogP contribution in [0.4, 0.5) is 0 Å². The second-order valence-electron chi connectivity index (χ2n) is 7.05. The van der Waals surface area contributed by atoms with Crippen LogP contribution in [0.1, 0.15) is 25.8 Å². The Morgan fingerprint density at radius 2 is 1.41 bits per heavy atom. The van der Waals surface area contributed by atoms with Gasteiger partial charge < -0.3 is 14.3 Å². The number of carbonyl (C=O) groups is 2. The second-order valence-corrected chi connectivity index (χ2v) is 7.05. The molecule has 2 aliphatic rings. The number of oxime groups is 1. The maximum atomic E-state index is 12.2. The number of benzene rings is 2. The lowest BCUT2D eigenvalue weighted by molar-refractivity contribution is -0.245. The number of nitrogens with zero attached hydrogens (tertiary/aromatic N) is 1. The first kappa shape index (κ1) is 17.3. The van der Waals surface area contributed by atoms with E-state index in [9.17, 15) is 9.59 Å². The number of hydrogen-bond acceptors (Lipinski definition) is 6. The molecular weight excluding hydrogens is 346 g/mol. The Bertz CT molecular complexity index is 882. The smallest absolute Gasteiger partial charge is 0.327 e. The largest absolute Gasteiger partial charge is 0.422 e. The molecule has 0 N–H and O–H groups in total. The van der Waals surface area contributed by atoms with Crippen LogP contribution in [0.15, 0.2) is 59.8 Å². The number of cyclic esters (lactones) is 2. The van der Waals surface area contributed by atoms with Crippen molar-refractivity contribution in [2.75, 3.05) is 0 Å². The Kier molecular flexibility index (Phi) is 4.18. The third kappa shape index (κ3) is 3.43. The minimum Gasteiger partial charge on any atom is -0.422 e. The lowest BCUT2D eigenvalue weighted by Gasteiger charge is -2.33. The minimum absolute atomic E-state index is 0.333. The normalized spacial score (nSPS) is 21.9. The van der Waals surface area contributed by atoms with Crippen molar-refractivity contribution in [3.05, 3.63) is 60.2 Å². The van der Waals surface area contributed by atoms with Gasteiger partial charge in [-0.2, -0.15) is 0 Å². The first-order valence-corrected chi connectivity index (χ1v) is 8.77. The Morgan fingerprint density at radius 1 is 0.852 bits per heavy atom. The van der Waals surface area contributed by atoms with Gasteiger partial charge in [0.15, 0.2) is 12.0 Å². The van der Waals surface area contributed by atoms with Crippen LogP contribution in [-0.2, 0) is 23.9 Å². The summed E-state index contributed by atoms with van der Waals surface area (Å²) in [6.07, 6.45) is -0.384. The number of carbonyl (C=O) groups excluding carboxylic acids is 2. The highest BCUT2D eigenvalue weighted by molar-refractivity contribution is 6.04. The molecule has 2 heterocycles. The van der Waals surface area contributed by atoms with Crippen molar-refractivity contribution in [2.45, 2.75) is 32.2 Å². The van der Waals surface area contributed by atoms with Crippen LogP contribution in [0.5, 0.6) is 0 Å². The molecule has 0 saturated carbocycles. The fraction of sp³-hybridized carbons (Fsp3) is 0.286. The quantitative estimate of drug-likeness (QED) is 0.616. The standard InChI is InChI=1S/C21H19NO5/c1-21(2)25-19(23)18(20(24)26-21)17-12-16(22-27-17)15-10-8-14(9-11-15)13-6-4-3-5-7-13/h3-11,17-18H,12H2,1-2H3. The molecule has 0 amide bonds. The maximum absolute atomic E-state index is 12.2. The first-order chi connectivity index (χ1) is 12.9. The van der Waals surface area contributed by atoms with Crippen molar-refractivity contribution in [1.82, 2.24) is 0 Å². The lowest BCUT2D eigenvalue weighted by Crippen LogP contribution is -2.50. The van der Waals surface area contributed by atoms with Crippen molar-refractivity contribution in [1.29, 1.82) is 0 Å². The van der Waals surface area contributed by atoms with Gasteiger partial charge >= 0.3 is 11.9 Å². The highest BCUT2D eigenvalue weighted by Gasteiger charge is 2.50. The molecule has 4 rings (SSSR count). The van der Waals surface area contributed by atoms with E-state index in [1.54, 1.807) is 0 Å². The van der Waals surface area contributed by atoms with Crippen molar-refractivity contribution < 1.29 is 23.9 Å². The summed E-state index contributed by atoms with van der Waals surface area (Å²) in [5.41, 5.74) is 3.79. The van der Waals surface area contributed by atoms with Gasteiger partial charge in [-0.25, -0.2) is 0 Å². The van der Waals surface area contributed by atoms with Crippen LogP contribution in [-0.4, -0.2) is 29.5 Å². The Balaban J connectivity index is 1.47. The van der Waals surface area contributed by atoms with E-state index in [2.05, 4.69) is 5.16 Å². The van der Waals surface area contributed by atoms with Gasteiger partial charge in [0.05, 0.1) is 5.71 Å². The van der Waals surface area contributed by atoms with Gasteiger partial charge in [-0.15, -0.1) is 0 Å². The molecule has 138 valence electrons. The van der Waals surface area contributed by atoms with Crippen LogP contribution in [0.25, 0.3) is 11.1 Å². The predicted molar refractivity (Wildman–Crippen MR) is 97.7 cm³/mol. The Hall–Kier alpha value is -3.15. The summed E-state index contributed by atoms with van der Waals surface area (Å²) in [7, 11) is 0. The minimum atomic E-state index is -1.25. The van der Waals surface area contributed by atoms with Crippen molar-refractivity contribution in [2.24, 2.45) is 11.1 Å². The number of esters is 2. The third-order valence-electron chi connectivity index (χ3n) is 4.59. The van der Waals surface area contributed by atoms with E-state index in [-0.39, 0.29) is 0 Å². The second kappa shape index (κ2) is 6.54. The van der Waals surface area contributed by atoms with E-state index in [1.807, 2.05) is 54.6 Å². The zero-order valence-electron chi connectivity index (χ0n) is 15.0. The molecule has 2 aromatic rings. The predicted octanol–water partition coefficient (Wildman–Crippen LogP) is 3.30. The monoisotopic (exact) mass is 365 g/mol. The van der Waals surface area contributed by atoms with E-state index < -0.39 is 29.7 Å². The molecule has 0 bridgehead atoms. The summed E-state index contributed by atoms with van der Waals surface area (Å²) in [5.74, 6) is -3.66. The van der Waals surface area contributed by atoms with Gasteiger partial charge in [0.25, 0.3) is 5.79 Å². The Morgan fingerprint density at radius 3 is 2.04 bits per heavy atom. The summed E-state index contributed by atoms with van der Waals surface area (Å²) in [6.45, 7) is 3.04.